The van der Waals surface area contributed by atoms with E-state index in [1.165, 1.54) is 0 Å². The minimum Gasteiger partial charge on any atom is -0.391 e. The fourth-order valence-electron chi connectivity index (χ4n) is 1.93. The van der Waals surface area contributed by atoms with Gasteiger partial charge in [0.1, 0.15) is 0 Å². The Bertz CT molecular complexity index is 413. The monoisotopic (exact) mass is 249 g/mol. The fourth-order valence-corrected chi connectivity index (χ4v) is 1.93. The van der Waals surface area contributed by atoms with Crippen LogP contribution in [0.4, 0.5) is 0 Å². The van der Waals surface area contributed by atoms with Gasteiger partial charge in [-0.2, -0.15) is 0 Å². The quantitative estimate of drug-likeness (QED) is 0.842. The molecule has 1 rings (SSSR count). The molecule has 1 aromatic carbocycles. The number of rotatable bonds is 5. The third-order valence-corrected chi connectivity index (χ3v) is 3.09. The number of benzene rings is 1. The highest BCUT2D eigenvalue weighted by Crippen LogP contribution is 2.12. The van der Waals surface area contributed by atoms with Crippen molar-refractivity contribution in [3.63, 3.8) is 0 Å². The van der Waals surface area contributed by atoms with Gasteiger partial charge in [0.05, 0.1) is 6.10 Å². The zero-order chi connectivity index (χ0) is 13.7. The van der Waals surface area contributed by atoms with Gasteiger partial charge in [-0.05, 0) is 43.4 Å². The van der Waals surface area contributed by atoms with Crippen molar-refractivity contribution >= 4 is 5.91 Å². The van der Waals surface area contributed by atoms with Gasteiger partial charge < -0.3 is 10.4 Å². The molecule has 0 bridgehead atoms. The topological polar surface area (TPSA) is 49.3 Å². The highest BCUT2D eigenvalue weighted by atomic mass is 16.3. The Balaban J connectivity index is 2.58. The summed E-state index contributed by atoms with van der Waals surface area (Å²) in [7, 11) is 0. The van der Waals surface area contributed by atoms with Gasteiger partial charge in [0.15, 0.2) is 0 Å². The van der Waals surface area contributed by atoms with E-state index in [9.17, 15) is 9.90 Å². The summed E-state index contributed by atoms with van der Waals surface area (Å²) in [6.07, 6.45) is 0.228. The van der Waals surface area contributed by atoms with E-state index in [4.69, 9.17) is 0 Å². The molecule has 0 aliphatic carbocycles. The molecule has 3 heteroatoms. The lowest BCUT2D eigenvalue weighted by Crippen LogP contribution is -2.33. The van der Waals surface area contributed by atoms with Gasteiger partial charge in [-0.15, -0.1) is 0 Å². The molecule has 0 spiro atoms. The van der Waals surface area contributed by atoms with E-state index in [0.717, 1.165) is 11.1 Å². The molecule has 1 atom stereocenters. The number of nitrogens with one attached hydrogen (secondary N) is 1. The van der Waals surface area contributed by atoms with Crippen LogP contribution in [0.5, 0.6) is 0 Å². The van der Waals surface area contributed by atoms with Crippen molar-refractivity contribution in [2.75, 3.05) is 6.54 Å². The number of aliphatic hydroxyl groups excluding tert-OH is 1. The molecule has 0 unspecified atom stereocenters. The summed E-state index contributed by atoms with van der Waals surface area (Å²) in [5, 5.41) is 12.5. The van der Waals surface area contributed by atoms with Crippen LogP contribution in [0.3, 0.4) is 0 Å². The van der Waals surface area contributed by atoms with E-state index in [0.29, 0.717) is 24.4 Å². The van der Waals surface area contributed by atoms with Crippen molar-refractivity contribution in [3.8, 4) is 0 Å². The van der Waals surface area contributed by atoms with Crippen LogP contribution in [-0.2, 0) is 0 Å². The van der Waals surface area contributed by atoms with Gasteiger partial charge in [0, 0.05) is 12.1 Å². The third kappa shape index (κ3) is 4.15. The molecule has 0 aliphatic heterocycles. The minimum atomic E-state index is -0.473. The molecule has 0 radical (unpaired) electrons. The van der Waals surface area contributed by atoms with Crippen LogP contribution < -0.4 is 5.32 Å². The molecule has 0 aliphatic rings. The molecule has 1 amide bonds. The van der Waals surface area contributed by atoms with Gasteiger partial charge >= 0.3 is 0 Å². The first-order valence-corrected chi connectivity index (χ1v) is 6.44. The van der Waals surface area contributed by atoms with Crippen LogP contribution in [0.25, 0.3) is 0 Å². The molecule has 0 aromatic heterocycles. The third-order valence-electron chi connectivity index (χ3n) is 3.09. The van der Waals surface area contributed by atoms with E-state index in [1.807, 2.05) is 32.0 Å². The predicted octanol–water partition coefficient (Wildman–Crippen LogP) is 2.44. The van der Waals surface area contributed by atoms with Crippen molar-refractivity contribution in [2.24, 2.45) is 5.92 Å². The summed E-state index contributed by atoms with van der Waals surface area (Å²) in [5.74, 6) is 0.316. The van der Waals surface area contributed by atoms with Crippen molar-refractivity contribution < 1.29 is 9.90 Å². The highest BCUT2D eigenvalue weighted by Gasteiger charge is 2.12. The number of aryl methyl sites for hydroxylation is 1. The number of aliphatic hydroxyl groups is 1. The molecular weight excluding hydrogens is 226 g/mol. The highest BCUT2D eigenvalue weighted by molar-refractivity contribution is 5.95. The van der Waals surface area contributed by atoms with E-state index in [2.05, 4.69) is 19.2 Å². The van der Waals surface area contributed by atoms with E-state index in [-0.39, 0.29) is 5.91 Å². The molecule has 18 heavy (non-hydrogen) atoms. The van der Waals surface area contributed by atoms with Gasteiger partial charge in [0.2, 0.25) is 0 Å². The van der Waals surface area contributed by atoms with Crippen molar-refractivity contribution in [3.05, 3.63) is 34.9 Å². The molecule has 3 nitrogen and oxygen atoms in total. The van der Waals surface area contributed by atoms with Crippen molar-refractivity contribution in [1.82, 2.24) is 5.32 Å². The smallest absolute Gasteiger partial charge is 0.251 e. The first-order chi connectivity index (χ1) is 8.41. The molecule has 1 aromatic rings. The van der Waals surface area contributed by atoms with Crippen molar-refractivity contribution in [1.29, 1.82) is 0 Å². The Hall–Kier alpha value is -1.35. The summed E-state index contributed by atoms with van der Waals surface area (Å²) in [6.45, 7) is 8.34. The van der Waals surface area contributed by atoms with E-state index < -0.39 is 6.10 Å². The molecule has 0 saturated heterocycles. The number of carbonyl (C=O) groups is 1. The Labute approximate surface area is 109 Å². The van der Waals surface area contributed by atoms with E-state index >= 15 is 0 Å². The summed E-state index contributed by atoms with van der Waals surface area (Å²) < 4.78 is 0. The summed E-state index contributed by atoms with van der Waals surface area (Å²) in [6, 6.07) is 5.67. The molecule has 100 valence electrons. The lowest BCUT2D eigenvalue weighted by atomic mass is 10.0. The van der Waals surface area contributed by atoms with Gasteiger partial charge in [-0.25, -0.2) is 0 Å². The maximum atomic E-state index is 12.0. The molecule has 0 heterocycles. The summed E-state index contributed by atoms with van der Waals surface area (Å²) >= 11 is 0. The number of carbonyl (C=O) groups excluding carboxylic acids is 1. The summed E-state index contributed by atoms with van der Waals surface area (Å²) in [4.78, 5) is 12.0. The van der Waals surface area contributed by atoms with Gasteiger partial charge in [-0.3, -0.25) is 4.79 Å². The van der Waals surface area contributed by atoms with Gasteiger partial charge in [0.25, 0.3) is 5.91 Å². The van der Waals surface area contributed by atoms with Gasteiger partial charge in [-0.1, -0.05) is 26.0 Å². The molecular formula is C15H23NO2. The number of hydrogen-bond donors (Lipinski definition) is 2. The Morgan fingerprint density at radius 3 is 2.61 bits per heavy atom. The van der Waals surface area contributed by atoms with Crippen LogP contribution in [-0.4, -0.2) is 23.7 Å². The van der Waals surface area contributed by atoms with Crippen LogP contribution in [0.2, 0.25) is 0 Å². The summed E-state index contributed by atoms with van der Waals surface area (Å²) in [5.41, 5.74) is 2.78. The largest absolute Gasteiger partial charge is 0.391 e. The number of hydrogen-bond acceptors (Lipinski definition) is 2. The average molecular weight is 249 g/mol. The second kappa shape index (κ2) is 6.55. The van der Waals surface area contributed by atoms with Crippen LogP contribution >= 0.6 is 0 Å². The second-order valence-electron chi connectivity index (χ2n) is 5.24. The normalized spacial score (nSPS) is 12.6. The second-order valence-corrected chi connectivity index (χ2v) is 5.24. The number of amides is 1. The SMILES string of the molecule is Cc1cccc(C(=O)NC[C@H](O)CC(C)C)c1C. The Kier molecular flexibility index (Phi) is 5.35. The zero-order valence-corrected chi connectivity index (χ0v) is 11.7. The van der Waals surface area contributed by atoms with Crippen LogP contribution in [0.1, 0.15) is 41.8 Å². The molecule has 0 fully saturated rings. The predicted molar refractivity (Wildman–Crippen MR) is 73.7 cm³/mol. The lowest BCUT2D eigenvalue weighted by Gasteiger charge is -2.15. The average Bonchev–Trinajstić information content (AvgIpc) is 2.29. The minimum absolute atomic E-state index is 0.112. The van der Waals surface area contributed by atoms with E-state index in [1.54, 1.807) is 0 Å². The first-order valence-electron chi connectivity index (χ1n) is 6.44. The van der Waals surface area contributed by atoms with Crippen LogP contribution in [0, 0.1) is 19.8 Å². The standard InChI is InChI=1S/C15H23NO2/c1-10(2)8-13(17)9-16-15(18)14-7-5-6-11(3)12(14)4/h5-7,10,13,17H,8-9H2,1-4H3,(H,16,18)/t13-/m1/s1. The maximum Gasteiger partial charge on any atom is 0.251 e. The molecule has 2 N–H and O–H groups in total. The van der Waals surface area contributed by atoms with Crippen LogP contribution in [0.15, 0.2) is 18.2 Å². The fraction of sp³-hybridized carbons (Fsp3) is 0.533. The Morgan fingerprint density at radius 1 is 1.33 bits per heavy atom. The first kappa shape index (κ1) is 14.7. The lowest BCUT2D eigenvalue weighted by molar-refractivity contribution is 0.0899. The maximum absolute atomic E-state index is 12.0. The zero-order valence-electron chi connectivity index (χ0n) is 11.7. The Morgan fingerprint density at radius 2 is 2.00 bits per heavy atom. The van der Waals surface area contributed by atoms with Crippen molar-refractivity contribution in [2.45, 2.75) is 40.2 Å². The molecule has 0 saturated carbocycles.